The van der Waals surface area contributed by atoms with Gasteiger partial charge in [-0.2, -0.15) is 0 Å². The Bertz CT molecular complexity index is 229. The van der Waals surface area contributed by atoms with Crippen LogP contribution < -0.4 is 0 Å². The highest BCUT2D eigenvalue weighted by atomic mass is 16.1. The third-order valence-corrected chi connectivity index (χ3v) is 3.95. The Morgan fingerprint density at radius 1 is 1.44 bits per heavy atom. The summed E-state index contributed by atoms with van der Waals surface area (Å²) in [5.74, 6) is 0.847. The summed E-state index contributed by atoms with van der Waals surface area (Å²) in [4.78, 5) is 13.7. The molecular formula is C14H27NO. The molecule has 1 aliphatic rings. The Hall–Kier alpha value is -0.370. The van der Waals surface area contributed by atoms with Gasteiger partial charge in [-0.25, -0.2) is 0 Å². The van der Waals surface area contributed by atoms with E-state index in [0.29, 0.717) is 6.04 Å². The van der Waals surface area contributed by atoms with Gasteiger partial charge in [0.25, 0.3) is 0 Å². The first kappa shape index (κ1) is 13.7. The van der Waals surface area contributed by atoms with Crippen molar-refractivity contribution < 1.29 is 4.79 Å². The number of hydrogen-bond donors (Lipinski definition) is 0. The van der Waals surface area contributed by atoms with Crippen LogP contribution in [0.3, 0.4) is 0 Å². The Kier molecular flexibility index (Phi) is 4.97. The Labute approximate surface area is 100 Å². The summed E-state index contributed by atoms with van der Waals surface area (Å²) in [7, 11) is 0. The highest BCUT2D eigenvalue weighted by Gasteiger charge is 2.30. The summed E-state index contributed by atoms with van der Waals surface area (Å²) in [6.07, 6.45) is 5.83. The molecule has 0 radical (unpaired) electrons. The van der Waals surface area contributed by atoms with Crippen molar-refractivity contribution in [2.24, 2.45) is 11.3 Å². The molecule has 1 saturated heterocycles. The predicted molar refractivity (Wildman–Crippen MR) is 68.5 cm³/mol. The number of carbonyl (C=O) groups is 1. The standard InChI is InChI=1S/C14H27NO/c1-5-7-14(4,11-16)10-15-8-6-12(2)9-13(15)3/h11-13H,5-10H2,1-4H3. The molecular weight excluding hydrogens is 198 g/mol. The van der Waals surface area contributed by atoms with Gasteiger partial charge in [-0.05, 0) is 38.6 Å². The van der Waals surface area contributed by atoms with Crippen LogP contribution in [0.15, 0.2) is 0 Å². The lowest BCUT2D eigenvalue weighted by molar-refractivity contribution is -0.117. The average Bonchev–Trinajstić information content (AvgIpc) is 2.23. The molecule has 0 aromatic heterocycles. The van der Waals surface area contributed by atoms with Crippen molar-refractivity contribution in [3.05, 3.63) is 0 Å². The average molecular weight is 225 g/mol. The zero-order chi connectivity index (χ0) is 12.2. The van der Waals surface area contributed by atoms with E-state index in [4.69, 9.17) is 0 Å². The van der Waals surface area contributed by atoms with E-state index in [2.05, 4.69) is 32.6 Å². The quantitative estimate of drug-likeness (QED) is 0.670. The van der Waals surface area contributed by atoms with E-state index in [1.54, 1.807) is 0 Å². The van der Waals surface area contributed by atoms with Crippen LogP contribution in [0.4, 0.5) is 0 Å². The summed E-state index contributed by atoms with van der Waals surface area (Å²) in [5, 5.41) is 0. The number of aldehydes is 1. The van der Waals surface area contributed by atoms with Crippen LogP contribution in [-0.4, -0.2) is 30.3 Å². The van der Waals surface area contributed by atoms with Crippen molar-refractivity contribution in [3.8, 4) is 0 Å². The molecule has 2 heteroatoms. The van der Waals surface area contributed by atoms with Gasteiger partial charge >= 0.3 is 0 Å². The van der Waals surface area contributed by atoms with Crippen LogP contribution in [0.1, 0.15) is 53.4 Å². The molecule has 0 bridgehead atoms. The summed E-state index contributed by atoms with van der Waals surface area (Å²) in [6.45, 7) is 11.0. The van der Waals surface area contributed by atoms with Gasteiger partial charge in [0.15, 0.2) is 0 Å². The van der Waals surface area contributed by atoms with Crippen LogP contribution in [0.2, 0.25) is 0 Å². The van der Waals surface area contributed by atoms with E-state index in [1.807, 2.05) is 0 Å². The second-order valence-electron chi connectivity index (χ2n) is 5.97. The van der Waals surface area contributed by atoms with Crippen molar-refractivity contribution in [2.45, 2.75) is 59.4 Å². The van der Waals surface area contributed by atoms with E-state index in [9.17, 15) is 4.79 Å². The van der Waals surface area contributed by atoms with Crippen LogP contribution in [0.5, 0.6) is 0 Å². The van der Waals surface area contributed by atoms with E-state index in [1.165, 1.54) is 19.1 Å². The normalized spacial score (nSPS) is 31.0. The van der Waals surface area contributed by atoms with Crippen LogP contribution in [0, 0.1) is 11.3 Å². The lowest BCUT2D eigenvalue weighted by Gasteiger charge is -2.40. The van der Waals surface area contributed by atoms with Crippen molar-refractivity contribution in [1.82, 2.24) is 4.90 Å². The van der Waals surface area contributed by atoms with E-state index in [-0.39, 0.29) is 5.41 Å². The first-order chi connectivity index (χ1) is 7.50. The van der Waals surface area contributed by atoms with Gasteiger partial charge in [0.05, 0.1) is 0 Å². The molecule has 0 N–H and O–H groups in total. The number of hydrogen-bond acceptors (Lipinski definition) is 2. The maximum absolute atomic E-state index is 11.2. The minimum Gasteiger partial charge on any atom is -0.303 e. The molecule has 1 heterocycles. The second-order valence-corrected chi connectivity index (χ2v) is 5.97. The molecule has 0 amide bonds. The molecule has 1 aliphatic heterocycles. The maximum Gasteiger partial charge on any atom is 0.127 e. The molecule has 3 unspecified atom stereocenters. The van der Waals surface area contributed by atoms with Crippen molar-refractivity contribution in [3.63, 3.8) is 0 Å². The summed E-state index contributed by atoms with van der Waals surface area (Å²) >= 11 is 0. The highest BCUT2D eigenvalue weighted by molar-refractivity contribution is 5.59. The van der Waals surface area contributed by atoms with Crippen molar-refractivity contribution >= 4 is 6.29 Å². The Morgan fingerprint density at radius 3 is 2.62 bits per heavy atom. The van der Waals surface area contributed by atoms with Crippen LogP contribution in [-0.2, 0) is 4.79 Å². The molecule has 0 aromatic carbocycles. The molecule has 1 fully saturated rings. The Balaban J connectivity index is 2.54. The monoisotopic (exact) mass is 225 g/mol. The lowest BCUT2D eigenvalue weighted by Crippen LogP contribution is -2.46. The van der Waals surface area contributed by atoms with Crippen LogP contribution >= 0.6 is 0 Å². The van der Waals surface area contributed by atoms with Gasteiger partial charge in [-0.3, -0.25) is 4.90 Å². The first-order valence-corrected chi connectivity index (χ1v) is 6.71. The fourth-order valence-corrected chi connectivity index (χ4v) is 2.90. The number of likely N-dealkylation sites (tertiary alicyclic amines) is 1. The van der Waals surface area contributed by atoms with Crippen LogP contribution in [0.25, 0.3) is 0 Å². The molecule has 1 rings (SSSR count). The number of rotatable bonds is 5. The van der Waals surface area contributed by atoms with E-state index < -0.39 is 0 Å². The van der Waals surface area contributed by atoms with Crippen molar-refractivity contribution in [1.29, 1.82) is 0 Å². The molecule has 0 spiro atoms. The highest BCUT2D eigenvalue weighted by Crippen LogP contribution is 2.28. The fourth-order valence-electron chi connectivity index (χ4n) is 2.90. The summed E-state index contributed by atoms with van der Waals surface area (Å²) in [5.41, 5.74) is -0.135. The molecule has 0 saturated carbocycles. The van der Waals surface area contributed by atoms with Gasteiger partial charge in [-0.1, -0.05) is 27.2 Å². The first-order valence-electron chi connectivity index (χ1n) is 6.71. The summed E-state index contributed by atoms with van der Waals surface area (Å²) < 4.78 is 0. The zero-order valence-corrected chi connectivity index (χ0v) is 11.3. The molecule has 94 valence electrons. The minimum atomic E-state index is -0.135. The number of carbonyl (C=O) groups excluding carboxylic acids is 1. The molecule has 0 aliphatic carbocycles. The maximum atomic E-state index is 11.2. The number of piperidine rings is 1. The largest absolute Gasteiger partial charge is 0.303 e. The molecule has 0 aromatic rings. The second kappa shape index (κ2) is 5.81. The smallest absolute Gasteiger partial charge is 0.127 e. The van der Waals surface area contributed by atoms with Crippen molar-refractivity contribution in [2.75, 3.05) is 13.1 Å². The van der Waals surface area contributed by atoms with Gasteiger partial charge in [-0.15, -0.1) is 0 Å². The third-order valence-electron chi connectivity index (χ3n) is 3.95. The van der Waals surface area contributed by atoms with Gasteiger partial charge in [0, 0.05) is 18.0 Å². The topological polar surface area (TPSA) is 20.3 Å². The third kappa shape index (κ3) is 3.58. The predicted octanol–water partition coefficient (Wildman–Crippen LogP) is 3.11. The van der Waals surface area contributed by atoms with Gasteiger partial charge in [0.2, 0.25) is 0 Å². The molecule has 16 heavy (non-hydrogen) atoms. The van der Waals surface area contributed by atoms with E-state index >= 15 is 0 Å². The lowest BCUT2D eigenvalue weighted by atomic mass is 9.84. The number of nitrogens with zero attached hydrogens (tertiary/aromatic N) is 1. The Morgan fingerprint density at radius 2 is 2.12 bits per heavy atom. The molecule has 2 nitrogen and oxygen atoms in total. The zero-order valence-electron chi connectivity index (χ0n) is 11.3. The minimum absolute atomic E-state index is 0.135. The van der Waals surface area contributed by atoms with E-state index in [0.717, 1.165) is 31.8 Å². The molecule has 3 atom stereocenters. The van der Waals surface area contributed by atoms with Gasteiger partial charge in [0.1, 0.15) is 6.29 Å². The summed E-state index contributed by atoms with van der Waals surface area (Å²) in [6, 6.07) is 0.639. The SMILES string of the molecule is CCCC(C)(C=O)CN1CCC(C)CC1C. The van der Waals surface area contributed by atoms with Gasteiger partial charge < -0.3 is 4.79 Å². The fraction of sp³-hybridized carbons (Fsp3) is 0.929.